The molecule has 0 aromatic carbocycles. The summed E-state index contributed by atoms with van der Waals surface area (Å²) >= 11 is 0. The third-order valence-corrected chi connectivity index (χ3v) is 3.32. The minimum absolute atomic E-state index is 0.504. The summed E-state index contributed by atoms with van der Waals surface area (Å²) in [6, 6.07) is 4.76. The topological polar surface area (TPSA) is 28.2 Å². The Hall–Kier alpha value is -1.09. The molecule has 0 radical (unpaired) electrons. The van der Waals surface area contributed by atoms with Crippen LogP contribution in [0.5, 0.6) is 0 Å². The summed E-state index contributed by atoms with van der Waals surface area (Å²) in [5.41, 5.74) is 1.36. The van der Waals surface area contributed by atoms with Crippen LogP contribution in [0.4, 0.5) is 5.82 Å². The number of hydrogen-bond donors (Lipinski definition) is 1. The Morgan fingerprint density at radius 1 is 1.44 bits per heavy atom. The van der Waals surface area contributed by atoms with E-state index < -0.39 is 0 Å². The van der Waals surface area contributed by atoms with Crippen LogP contribution in [0.15, 0.2) is 18.3 Å². The van der Waals surface area contributed by atoms with Crippen LogP contribution in [-0.4, -0.2) is 24.6 Å². The molecule has 0 aliphatic carbocycles. The molecule has 2 heterocycles. The lowest BCUT2D eigenvalue weighted by molar-refractivity contribution is 0.640. The average molecular weight is 219 g/mol. The Kier molecular flexibility index (Phi) is 3.78. The van der Waals surface area contributed by atoms with Gasteiger partial charge < -0.3 is 10.2 Å². The van der Waals surface area contributed by atoms with Crippen LogP contribution < -0.4 is 10.2 Å². The summed E-state index contributed by atoms with van der Waals surface area (Å²) in [6.45, 7) is 7.55. The fourth-order valence-electron chi connectivity index (χ4n) is 2.42. The molecule has 0 amide bonds. The molecule has 0 saturated carbocycles. The lowest BCUT2D eigenvalue weighted by Gasteiger charge is -2.24. The van der Waals surface area contributed by atoms with Crippen LogP contribution in [0.1, 0.15) is 38.3 Å². The van der Waals surface area contributed by atoms with E-state index in [0.29, 0.717) is 6.04 Å². The van der Waals surface area contributed by atoms with Gasteiger partial charge in [0.05, 0.1) is 0 Å². The molecule has 1 fully saturated rings. The number of rotatable bonds is 4. The second kappa shape index (κ2) is 5.30. The number of pyridine rings is 1. The van der Waals surface area contributed by atoms with Crippen molar-refractivity contribution in [3.8, 4) is 0 Å². The van der Waals surface area contributed by atoms with Crippen molar-refractivity contribution in [1.29, 1.82) is 0 Å². The van der Waals surface area contributed by atoms with E-state index in [1.165, 1.54) is 18.4 Å². The van der Waals surface area contributed by atoms with E-state index in [1.807, 2.05) is 12.3 Å². The maximum atomic E-state index is 4.55. The second-order valence-electron chi connectivity index (χ2n) is 4.24. The zero-order chi connectivity index (χ0) is 11.4. The molecular weight excluding hydrogens is 198 g/mol. The largest absolute Gasteiger partial charge is 0.357 e. The fraction of sp³-hybridized carbons (Fsp3) is 0.615. The first-order chi connectivity index (χ1) is 7.86. The lowest BCUT2D eigenvalue weighted by Crippen LogP contribution is -2.26. The summed E-state index contributed by atoms with van der Waals surface area (Å²) in [5, 5.41) is 3.55. The van der Waals surface area contributed by atoms with Gasteiger partial charge in [0.1, 0.15) is 5.82 Å². The Morgan fingerprint density at radius 2 is 2.25 bits per heavy atom. The van der Waals surface area contributed by atoms with Crippen molar-refractivity contribution >= 4 is 5.82 Å². The summed E-state index contributed by atoms with van der Waals surface area (Å²) < 4.78 is 0. The predicted molar refractivity (Wildman–Crippen MR) is 67.8 cm³/mol. The Balaban J connectivity index is 2.28. The molecule has 88 valence electrons. The van der Waals surface area contributed by atoms with Crippen LogP contribution in [-0.2, 0) is 0 Å². The first kappa shape index (κ1) is 11.4. The highest BCUT2D eigenvalue weighted by molar-refractivity contribution is 5.48. The lowest BCUT2D eigenvalue weighted by atomic mass is 10.1. The van der Waals surface area contributed by atoms with Crippen LogP contribution >= 0.6 is 0 Å². The van der Waals surface area contributed by atoms with Gasteiger partial charge in [-0.25, -0.2) is 4.98 Å². The molecule has 3 heteroatoms. The molecule has 1 aliphatic rings. The fourth-order valence-corrected chi connectivity index (χ4v) is 2.42. The van der Waals surface area contributed by atoms with E-state index in [1.54, 1.807) is 0 Å². The quantitative estimate of drug-likeness (QED) is 0.842. The molecule has 1 aromatic heterocycles. The predicted octanol–water partition coefficient (Wildman–Crippen LogP) is 2.35. The summed E-state index contributed by atoms with van der Waals surface area (Å²) in [5.74, 6) is 1.16. The molecular formula is C13H21N3. The van der Waals surface area contributed by atoms with Gasteiger partial charge in [0.25, 0.3) is 0 Å². The van der Waals surface area contributed by atoms with Gasteiger partial charge in [-0.15, -0.1) is 0 Å². The van der Waals surface area contributed by atoms with Crippen LogP contribution in [0, 0.1) is 0 Å². The third kappa shape index (κ3) is 2.19. The number of anilines is 1. The van der Waals surface area contributed by atoms with E-state index in [9.17, 15) is 0 Å². The SMILES string of the molecule is CCN(CC)c1ncccc1C1CCCN1. The molecule has 1 aromatic rings. The highest BCUT2D eigenvalue weighted by atomic mass is 15.2. The van der Waals surface area contributed by atoms with Crippen molar-refractivity contribution in [3.63, 3.8) is 0 Å². The van der Waals surface area contributed by atoms with Crippen LogP contribution in [0.2, 0.25) is 0 Å². The smallest absolute Gasteiger partial charge is 0.133 e. The Bertz CT molecular complexity index is 307. The number of aromatic nitrogens is 1. The number of nitrogens with one attached hydrogen (secondary N) is 1. The zero-order valence-electron chi connectivity index (χ0n) is 10.2. The second-order valence-corrected chi connectivity index (χ2v) is 4.24. The van der Waals surface area contributed by atoms with Gasteiger partial charge in [-0.1, -0.05) is 6.07 Å². The van der Waals surface area contributed by atoms with E-state index in [0.717, 1.165) is 25.5 Å². The van der Waals surface area contributed by atoms with Crippen molar-refractivity contribution in [2.24, 2.45) is 0 Å². The minimum atomic E-state index is 0.504. The molecule has 1 N–H and O–H groups in total. The van der Waals surface area contributed by atoms with Gasteiger partial charge >= 0.3 is 0 Å². The standard InChI is InChI=1S/C13H21N3/c1-3-16(4-2)13-11(7-5-10-15-13)12-8-6-9-14-12/h5,7,10,12,14H,3-4,6,8-9H2,1-2H3. The normalized spacial score (nSPS) is 20.0. The molecule has 16 heavy (non-hydrogen) atoms. The maximum Gasteiger partial charge on any atom is 0.133 e. The monoisotopic (exact) mass is 219 g/mol. The van der Waals surface area contributed by atoms with Gasteiger partial charge in [-0.3, -0.25) is 0 Å². The molecule has 0 spiro atoms. The first-order valence-corrected chi connectivity index (χ1v) is 6.30. The summed E-state index contributed by atoms with van der Waals surface area (Å²) in [6.07, 6.45) is 4.41. The van der Waals surface area contributed by atoms with Crippen molar-refractivity contribution in [3.05, 3.63) is 23.9 Å². The van der Waals surface area contributed by atoms with Crippen molar-refractivity contribution in [2.75, 3.05) is 24.5 Å². The maximum absolute atomic E-state index is 4.55. The summed E-state index contributed by atoms with van der Waals surface area (Å²) in [7, 11) is 0. The van der Waals surface area contributed by atoms with Gasteiger partial charge in [-0.2, -0.15) is 0 Å². The number of hydrogen-bond acceptors (Lipinski definition) is 3. The highest BCUT2D eigenvalue weighted by Gasteiger charge is 2.21. The molecule has 3 nitrogen and oxygen atoms in total. The molecule has 1 unspecified atom stereocenters. The number of nitrogens with zero attached hydrogens (tertiary/aromatic N) is 2. The first-order valence-electron chi connectivity index (χ1n) is 6.30. The van der Waals surface area contributed by atoms with E-state index in [4.69, 9.17) is 0 Å². The van der Waals surface area contributed by atoms with E-state index >= 15 is 0 Å². The van der Waals surface area contributed by atoms with Gasteiger partial charge in [0, 0.05) is 30.9 Å². The van der Waals surface area contributed by atoms with Gasteiger partial charge in [0.15, 0.2) is 0 Å². The van der Waals surface area contributed by atoms with Crippen molar-refractivity contribution in [1.82, 2.24) is 10.3 Å². The van der Waals surface area contributed by atoms with E-state index in [2.05, 4.69) is 35.1 Å². The van der Waals surface area contributed by atoms with Crippen LogP contribution in [0.25, 0.3) is 0 Å². The highest BCUT2D eigenvalue weighted by Crippen LogP contribution is 2.29. The van der Waals surface area contributed by atoms with Crippen LogP contribution in [0.3, 0.4) is 0 Å². The molecule has 2 rings (SSSR count). The van der Waals surface area contributed by atoms with Crippen molar-refractivity contribution in [2.45, 2.75) is 32.7 Å². The Labute approximate surface area is 97.9 Å². The molecule has 1 saturated heterocycles. The molecule has 0 bridgehead atoms. The Morgan fingerprint density at radius 3 is 2.88 bits per heavy atom. The zero-order valence-corrected chi connectivity index (χ0v) is 10.2. The van der Waals surface area contributed by atoms with Crippen molar-refractivity contribution < 1.29 is 0 Å². The minimum Gasteiger partial charge on any atom is -0.357 e. The van der Waals surface area contributed by atoms with E-state index in [-0.39, 0.29) is 0 Å². The third-order valence-electron chi connectivity index (χ3n) is 3.32. The molecule has 1 aliphatic heterocycles. The van der Waals surface area contributed by atoms with Gasteiger partial charge in [0.2, 0.25) is 0 Å². The molecule has 1 atom stereocenters. The van der Waals surface area contributed by atoms with Gasteiger partial charge in [-0.05, 0) is 39.3 Å². The summed E-state index contributed by atoms with van der Waals surface area (Å²) in [4.78, 5) is 6.88. The average Bonchev–Trinajstić information content (AvgIpc) is 2.85.